The highest BCUT2D eigenvalue weighted by atomic mass is 32.1. The van der Waals surface area contributed by atoms with Crippen LogP contribution in [0.2, 0.25) is 0 Å². The van der Waals surface area contributed by atoms with Crippen LogP contribution in [0, 0.1) is 0 Å². The summed E-state index contributed by atoms with van der Waals surface area (Å²) in [7, 11) is 0. The van der Waals surface area contributed by atoms with Gasteiger partial charge >= 0.3 is 6.01 Å². The summed E-state index contributed by atoms with van der Waals surface area (Å²) < 4.78 is 5.08. The number of amides is 2. The predicted molar refractivity (Wildman–Crippen MR) is 80.6 cm³/mol. The fourth-order valence-corrected chi connectivity index (χ4v) is 2.29. The van der Waals surface area contributed by atoms with Crippen molar-refractivity contribution in [2.24, 2.45) is 0 Å². The smallest absolute Gasteiger partial charge is 0.302 e. The van der Waals surface area contributed by atoms with E-state index in [-0.39, 0.29) is 23.5 Å². The highest BCUT2D eigenvalue weighted by Gasteiger charge is 2.14. The van der Waals surface area contributed by atoms with Crippen molar-refractivity contribution in [3.8, 4) is 0 Å². The minimum atomic E-state index is -0.304. The average Bonchev–Trinajstić information content (AvgIpc) is 3.14. The van der Waals surface area contributed by atoms with Crippen molar-refractivity contribution in [3.05, 3.63) is 34.3 Å². The molecule has 0 radical (unpaired) electrons. The molecule has 7 heteroatoms. The van der Waals surface area contributed by atoms with Gasteiger partial charge in [0, 0.05) is 6.54 Å². The van der Waals surface area contributed by atoms with E-state index in [0.717, 1.165) is 19.3 Å². The van der Waals surface area contributed by atoms with E-state index >= 15 is 0 Å². The summed E-state index contributed by atoms with van der Waals surface area (Å²) in [5.41, 5.74) is 0.160. The second-order valence-electron chi connectivity index (χ2n) is 4.43. The van der Waals surface area contributed by atoms with Crippen LogP contribution in [0.25, 0.3) is 0 Å². The van der Waals surface area contributed by atoms with Gasteiger partial charge in [-0.1, -0.05) is 25.8 Å². The topological polar surface area (TPSA) is 84.2 Å². The Labute approximate surface area is 126 Å². The van der Waals surface area contributed by atoms with E-state index in [2.05, 4.69) is 22.5 Å². The maximum Gasteiger partial charge on any atom is 0.302 e. The first-order valence-electron chi connectivity index (χ1n) is 6.79. The molecule has 21 heavy (non-hydrogen) atoms. The molecule has 0 saturated carbocycles. The fourth-order valence-electron chi connectivity index (χ4n) is 1.67. The molecule has 0 aromatic carbocycles. The summed E-state index contributed by atoms with van der Waals surface area (Å²) in [5, 5.41) is 7.07. The number of carbonyl (C=O) groups excluding carboxylic acids is 2. The number of thiophene rings is 1. The quantitative estimate of drug-likeness (QED) is 0.770. The van der Waals surface area contributed by atoms with Crippen molar-refractivity contribution >= 4 is 29.2 Å². The van der Waals surface area contributed by atoms with Crippen LogP contribution in [0.3, 0.4) is 0 Å². The number of unbranched alkanes of at least 4 members (excludes halogenated alkanes) is 2. The zero-order valence-electron chi connectivity index (χ0n) is 11.7. The molecule has 0 atom stereocenters. The normalized spacial score (nSPS) is 10.3. The number of carbonyl (C=O) groups is 2. The van der Waals surface area contributed by atoms with E-state index in [1.807, 2.05) is 0 Å². The molecule has 6 nitrogen and oxygen atoms in total. The van der Waals surface area contributed by atoms with E-state index in [4.69, 9.17) is 4.42 Å². The molecule has 2 amide bonds. The van der Waals surface area contributed by atoms with Crippen LogP contribution >= 0.6 is 11.3 Å². The standard InChI is InChI=1S/C14H17N3O3S/c1-2-3-4-7-15-12(18)10-9-20-14(16-10)17-13(19)11-6-5-8-21-11/h5-6,8-9H,2-4,7H2,1H3,(H,15,18)(H,16,17,19). The van der Waals surface area contributed by atoms with E-state index in [1.54, 1.807) is 17.5 Å². The lowest BCUT2D eigenvalue weighted by atomic mass is 10.2. The van der Waals surface area contributed by atoms with Crippen LogP contribution in [0.1, 0.15) is 46.3 Å². The first kappa shape index (κ1) is 15.2. The zero-order valence-corrected chi connectivity index (χ0v) is 12.5. The monoisotopic (exact) mass is 307 g/mol. The molecular formula is C14H17N3O3S. The molecular weight excluding hydrogens is 290 g/mol. The van der Waals surface area contributed by atoms with Crippen molar-refractivity contribution in [2.75, 3.05) is 11.9 Å². The van der Waals surface area contributed by atoms with Crippen molar-refractivity contribution in [1.29, 1.82) is 0 Å². The van der Waals surface area contributed by atoms with Crippen molar-refractivity contribution in [2.45, 2.75) is 26.2 Å². The lowest BCUT2D eigenvalue weighted by Crippen LogP contribution is -2.24. The Morgan fingerprint density at radius 2 is 2.19 bits per heavy atom. The Balaban J connectivity index is 1.86. The zero-order chi connectivity index (χ0) is 15.1. The fraction of sp³-hybridized carbons (Fsp3) is 0.357. The van der Waals surface area contributed by atoms with Crippen molar-refractivity contribution in [1.82, 2.24) is 10.3 Å². The van der Waals surface area contributed by atoms with Crippen LogP contribution in [0.15, 0.2) is 28.2 Å². The Hall–Kier alpha value is -2.15. The van der Waals surface area contributed by atoms with Crippen LogP contribution in [0.5, 0.6) is 0 Å². The largest absolute Gasteiger partial charge is 0.431 e. The molecule has 2 rings (SSSR count). The minimum absolute atomic E-state index is 0.0205. The molecule has 2 aromatic heterocycles. The first-order chi connectivity index (χ1) is 10.2. The second-order valence-corrected chi connectivity index (χ2v) is 5.38. The Kier molecular flexibility index (Phi) is 5.51. The summed E-state index contributed by atoms with van der Waals surface area (Å²) in [5.74, 6) is -0.603. The summed E-state index contributed by atoms with van der Waals surface area (Å²) >= 11 is 1.32. The number of rotatable bonds is 7. The summed E-state index contributed by atoms with van der Waals surface area (Å²) in [6.45, 7) is 2.71. The molecule has 0 saturated heterocycles. The van der Waals surface area contributed by atoms with Gasteiger partial charge in [0.2, 0.25) is 0 Å². The number of nitrogens with zero attached hydrogens (tertiary/aromatic N) is 1. The van der Waals surface area contributed by atoms with E-state index in [0.29, 0.717) is 11.4 Å². The van der Waals surface area contributed by atoms with Crippen molar-refractivity contribution in [3.63, 3.8) is 0 Å². The van der Waals surface area contributed by atoms with Gasteiger partial charge in [0.25, 0.3) is 11.8 Å². The maximum absolute atomic E-state index is 11.8. The SMILES string of the molecule is CCCCCNC(=O)c1coc(NC(=O)c2cccs2)n1. The summed E-state index contributed by atoms with van der Waals surface area (Å²) in [6, 6.07) is 3.50. The van der Waals surface area contributed by atoms with Crippen LogP contribution in [-0.2, 0) is 0 Å². The molecule has 0 bridgehead atoms. The van der Waals surface area contributed by atoms with E-state index in [9.17, 15) is 9.59 Å². The lowest BCUT2D eigenvalue weighted by molar-refractivity contribution is 0.0946. The number of anilines is 1. The van der Waals surface area contributed by atoms with Gasteiger partial charge in [0.05, 0.1) is 4.88 Å². The molecule has 0 aliphatic carbocycles. The number of oxazole rings is 1. The number of hydrogen-bond donors (Lipinski definition) is 2. The molecule has 0 spiro atoms. The molecule has 0 unspecified atom stereocenters. The second kappa shape index (κ2) is 7.58. The number of hydrogen-bond acceptors (Lipinski definition) is 5. The summed E-state index contributed by atoms with van der Waals surface area (Å²) in [4.78, 5) is 28.1. The van der Waals surface area contributed by atoms with Gasteiger partial charge < -0.3 is 9.73 Å². The molecule has 0 aliphatic rings. The van der Waals surface area contributed by atoms with Gasteiger partial charge in [-0.15, -0.1) is 11.3 Å². The maximum atomic E-state index is 11.8. The van der Waals surface area contributed by atoms with Gasteiger partial charge in [-0.25, -0.2) is 0 Å². The van der Waals surface area contributed by atoms with Gasteiger partial charge in [-0.3, -0.25) is 14.9 Å². The average molecular weight is 307 g/mol. The predicted octanol–water partition coefficient (Wildman–Crippen LogP) is 2.91. The van der Waals surface area contributed by atoms with Gasteiger partial charge in [-0.05, 0) is 17.9 Å². The van der Waals surface area contributed by atoms with Crippen LogP contribution < -0.4 is 10.6 Å². The van der Waals surface area contributed by atoms with Crippen LogP contribution in [-0.4, -0.2) is 23.3 Å². The van der Waals surface area contributed by atoms with Gasteiger partial charge in [-0.2, -0.15) is 4.98 Å². The number of nitrogens with one attached hydrogen (secondary N) is 2. The van der Waals surface area contributed by atoms with Crippen LogP contribution in [0.4, 0.5) is 6.01 Å². The molecule has 0 aliphatic heterocycles. The molecule has 2 aromatic rings. The van der Waals surface area contributed by atoms with Gasteiger partial charge in [0.1, 0.15) is 6.26 Å². The minimum Gasteiger partial charge on any atom is -0.431 e. The molecule has 2 heterocycles. The van der Waals surface area contributed by atoms with Gasteiger partial charge in [0.15, 0.2) is 5.69 Å². The first-order valence-corrected chi connectivity index (χ1v) is 7.67. The van der Waals surface area contributed by atoms with E-state index < -0.39 is 0 Å². The Bertz CT molecular complexity index is 592. The number of aromatic nitrogens is 1. The third-order valence-corrected chi connectivity index (χ3v) is 3.64. The summed E-state index contributed by atoms with van der Waals surface area (Å²) in [6.07, 6.45) is 4.33. The third-order valence-electron chi connectivity index (χ3n) is 2.77. The Morgan fingerprint density at radius 1 is 1.33 bits per heavy atom. The Morgan fingerprint density at radius 3 is 2.90 bits per heavy atom. The molecule has 2 N–H and O–H groups in total. The molecule has 112 valence electrons. The van der Waals surface area contributed by atoms with Crippen molar-refractivity contribution < 1.29 is 14.0 Å². The highest BCUT2D eigenvalue weighted by Crippen LogP contribution is 2.13. The molecule has 0 fully saturated rings. The lowest BCUT2D eigenvalue weighted by Gasteiger charge is -2.01. The van der Waals surface area contributed by atoms with E-state index in [1.165, 1.54) is 17.6 Å². The third kappa shape index (κ3) is 4.42. The highest BCUT2D eigenvalue weighted by molar-refractivity contribution is 7.12.